The number of hydrogen-bond acceptors (Lipinski definition) is 4. The highest BCUT2D eigenvalue weighted by atomic mass is 19.1. The van der Waals surface area contributed by atoms with E-state index in [1.54, 1.807) is 38.1 Å². The zero-order valence-corrected chi connectivity index (χ0v) is 14.3. The number of carbonyl (C=O) groups excluding carboxylic acids is 1. The number of halogens is 1. The third-order valence-corrected chi connectivity index (χ3v) is 4.09. The third kappa shape index (κ3) is 3.67. The summed E-state index contributed by atoms with van der Waals surface area (Å²) < 4.78 is 18.2. The Morgan fingerprint density at radius 1 is 1.21 bits per heavy atom. The van der Waals surface area contributed by atoms with Crippen molar-refractivity contribution in [1.82, 2.24) is 0 Å². The lowest BCUT2D eigenvalue weighted by atomic mass is 9.80. The van der Waals surface area contributed by atoms with Crippen molar-refractivity contribution in [2.45, 2.75) is 26.8 Å². The van der Waals surface area contributed by atoms with E-state index in [2.05, 4.69) is 5.32 Å². The molecule has 0 saturated carbocycles. The molecule has 4 nitrogen and oxygen atoms in total. The van der Waals surface area contributed by atoms with Crippen LogP contribution in [0.1, 0.15) is 31.0 Å². The van der Waals surface area contributed by atoms with Crippen LogP contribution in [0.4, 0.5) is 10.1 Å². The fourth-order valence-corrected chi connectivity index (χ4v) is 2.64. The minimum absolute atomic E-state index is 0.0859. The van der Waals surface area contributed by atoms with Crippen molar-refractivity contribution in [3.63, 3.8) is 0 Å². The van der Waals surface area contributed by atoms with E-state index in [0.29, 0.717) is 11.3 Å². The van der Waals surface area contributed by atoms with Crippen LogP contribution in [0, 0.1) is 18.2 Å². The molecule has 0 fully saturated rings. The highest BCUT2D eigenvalue weighted by molar-refractivity contribution is 5.78. The molecule has 2 aromatic rings. The number of aromatic hydroxyl groups is 1. The number of carbonyl (C=O) groups is 1. The van der Waals surface area contributed by atoms with Gasteiger partial charge in [-0.2, -0.15) is 0 Å². The molecule has 2 aromatic carbocycles. The maximum absolute atomic E-state index is 13.3. The highest BCUT2D eigenvalue weighted by Crippen LogP contribution is 2.39. The summed E-state index contributed by atoms with van der Waals surface area (Å²) in [6.45, 7) is 5.36. The number of benzene rings is 2. The topological polar surface area (TPSA) is 58.6 Å². The van der Waals surface area contributed by atoms with E-state index >= 15 is 0 Å². The summed E-state index contributed by atoms with van der Waals surface area (Å²) in [6.07, 6.45) is 0. The Bertz CT molecular complexity index is 726. The Kier molecular flexibility index (Phi) is 5.12. The van der Waals surface area contributed by atoms with Gasteiger partial charge in [0.15, 0.2) is 0 Å². The molecule has 2 N–H and O–H groups in total. The number of phenolic OH excluding ortho intramolecular Hbond substituents is 1. The van der Waals surface area contributed by atoms with E-state index in [-0.39, 0.29) is 11.6 Å². The number of aryl methyl sites for hydroxylation is 1. The normalized spacial score (nSPS) is 12.5. The zero-order valence-electron chi connectivity index (χ0n) is 14.3. The summed E-state index contributed by atoms with van der Waals surface area (Å²) >= 11 is 0. The maximum atomic E-state index is 13.3. The number of ether oxygens (including phenoxy) is 1. The Hall–Kier alpha value is -2.56. The first-order valence-electron chi connectivity index (χ1n) is 7.65. The van der Waals surface area contributed by atoms with E-state index in [1.165, 1.54) is 19.2 Å². The second-order valence-corrected chi connectivity index (χ2v) is 6.36. The van der Waals surface area contributed by atoms with Gasteiger partial charge < -0.3 is 15.2 Å². The quantitative estimate of drug-likeness (QED) is 0.637. The summed E-state index contributed by atoms with van der Waals surface area (Å²) in [4.78, 5) is 12.2. The average Bonchev–Trinajstić information content (AvgIpc) is 2.54. The molecule has 2 rings (SSSR count). The number of phenols is 1. The van der Waals surface area contributed by atoms with Gasteiger partial charge in [-0.15, -0.1) is 0 Å². The summed E-state index contributed by atoms with van der Waals surface area (Å²) in [6, 6.07) is 10.6. The minimum atomic E-state index is -0.941. The number of methoxy groups -OCH3 is 1. The first kappa shape index (κ1) is 17.8. The van der Waals surface area contributed by atoms with Crippen LogP contribution in [0.2, 0.25) is 0 Å². The number of anilines is 1. The summed E-state index contributed by atoms with van der Waals surface area (Å²) in [5.41, 5.74) is 1.19. The predicted molar refractivity (Wildman–Crippen MR) is 91.4 cm³/mol. The summed E-state index contributed by atoms with van der Waals surface area (Å²) in [7, 11) is 1.33. The van der Waals surface area contributed by atoms with Crippen LogP contribution in [-0.4, -0.2) is 18.2 Å². The summed E-state index contributed by atoms with van der Waals surface area (Å²) in [5, 5.41) is 13.3. The lowest BCUT2D eigenvalue weighted by Crippen LogP contribution is -2.36. The van der Waals surface area contributed by atoms with Gasteiger partial charge in [-0.05, 0) is 56.2 Å². The van der Waals surface area contributed by atoms with Crippen molar-refractivity contribution in [3.05, 3.63) is 59.4 Å². The molecule has 0 radical (unpaired) electrons. The zero-order chi connectivity index (χ0) is 17.9. The molecular formula is C19H22FNO3. The van der Waals surface area contributed by atoms with E-state index in [1.807, 2.05) is 13.0 Å². The van der Waals surface area contributed by atoms with E-state index < -0.39 is 17.4 Å². The lowest BCUT2D eigenvalue weighted by Gasteiger charge is -2.33. The van der Waals surface area contributed by atoms with E-state index in [9.17, 15) is 14.3 Å². The number of rotatable bonds is 5. The molecule has 0 bridgehead atoms. The Labute approximate surface area is 141 Å². The Balaban J connectivity index is 2.46. The van der Waals surface area contributed by atoms with Crippen LogP contribution in [-0.2, 0) is 9.53 Å². The van der Waals surface area contributed by atoms with Crippen molar-refractivity contribution >= 4 is 11.7 Å². The second kappa shape index (κ2) is 6.91. The lowest BCUT2D eigenvalue weighted by molar-refractivity contribution is -0.151. The molecule has 128 valence electrons. The van der Waals surface area contributed by atoms with Crippen molar-refractivity contribution < 1.29 is 19.0 Å². The van der Waals surface area contributed by atoms with Gasteiger partial charge in [0, 0.05) is 0 Å². The molecular weight excluding hydrogens is 309 g/mol. The Morgan fingerprint density at radius 3 is 2.38 bits per heavy atom. The fraction of sp³-hybridized carbons (Fsp3) is 0.316. The van der Waals surface area contributed by atoms with E-state index in [4.69, 9.17) is 4.74 Å². The molecule has 0 aliphatic heterocycles. The van der Waals surface area contributed by atoms with E-state index in [0.717, 1.165) is 5.56 Å². The standard InChI is InChI=1S/C19H22FNO3/c1-12-5-10-15(16(22)11-12)21-17(19(2,3)18(23)24-4)13-6-8-14(20)9-7-13/h5-11,17,21-22H,1-4H3/t17-/m0/s1. The predicted octanol–water partition coefficient (Wildman–Crippen LogP) is 4.19. The largest absolute Gasteiger partial charge is 0.506 e. The first-order valence-corrected chi connectivity index (χ1v) is 7.65. The smallest absolute Gasteiger partial charge is 0.313 e. The number of hydrogen-bond donors (Lipinski definition) is 2. The average molecular weight is 331 g/mol. The van der Waals surface area contributed by atoms with Crippen LogP contribution >= 0.6 is 0 Å². The molecule has 0 aliphatic carbocycles. The van der Waals surface area contributed by atoms with Crippen molar-refractivity contribution in [1.29, 1.82) is 0 Å². The van der Waals surface area contributed by atoms with Crippen LogP contribution in [0.25, 0.3) is 0 Å². The monoisotopic (exact) mass is 331 g/mol. The third-order valence-electron chi connectivity index (χ3n) is 4.09. The molecule has 0 unspecified atom stereocenters. The molecule has 0 aliphatic rings. The van der Waals surface area contributed by atoms with Crippen LogP contribution in [0.15, 0.2) is 42.5 Å². The van der Waals surface area contributed by atoms with Gasteiger partial charge in [-0.3, -0.25) is 4.79 Å². The maximum Gasteiger partial charge on any atom is 0.313 e. The second-order valence-electron chi connectivity index (χ2n) is 6.36. The first-order chi connectivity index (χ1) is 11.3. The van der Waals surface area contributed by atoms with Gasteiger partial charge in [-0.1, -0.05) is 18.2 Å². The number of nitrogens with one attached hydrogen (secondary N) is 1. The van der Waals surface area contributed by atoms with Gasteiger partial charge in [0.25, 0.3) is 0 Å². The van der Waals surface area contributed by atoms with Crippen LogP contribution in [0.3, 0.4) is 0 Å². The van der Waals surface area contributed by atoms with Gasteiger partial charge in [0.1, 0.15) is 11.6 Å². The molecule has 0 saturated heterocycles. The van der Waals surface area contributed by atoms with Crippen LogP contribution in [0.5, 0.6) is 5.75 Å². The number of esters is 1. The van der Waals surface area contributed by atoms with Gasteiger partial charge in [0.2, 0.25) is 0 Å². The molecule has 0 spiro atoms. The molecule has 1 atom stereocenters. The van der Waals surface area contributed by atoms with Crippen molar-refractivity contribution in [2.24, 2.45) is 5.41 Å². The Morgan fingerprint density at radius 2 is 1.83 bits per heavy atom. The molecule has 5 heteroatoms. The molecule has 24 heavy (non-hydrogen) atoms. The molecule has 0 amide bonds. The molecule has 0 heterocycles. The molecule has 0 aromatic heterocycles. The van der Waals surface area contributed by atoms with Gasteiger partial charge >= 0.3 is 5.97 Å². The van der Waals surface area contributed by atoms with Crippen LogP contribution < -0.4 is 5.32 Å². The highest BCUT2D eigenvalue weighted by Gasteiger charge is 2.39. The van der Waals surface area contributed by atoms with Gasteiger partial charge in [0.05, 0.1) is 24.3 Å². The SMILES string of the molecule is COC(=O)C(C)(C)[C@@H](Nc1ccc(C)cc1O)c1ccc(F)cc1. The van der Waals surface area contributed by atoms with Gasteiger partial charge in [-0.25, -0.2) is 4.39 Å². The van der Waals surface area contributed by atoms with Crippen molar-refractivity contribution in [3.8, 4) is 5.75 Å². The van der Waals surface area contributed by atoms with Crippen molar-refractivity contribution in [2.75, 3.05) is 12.4 Å². The fourth-order valence-electron chi connectivity index (χ4n) is 2.64. The summed E-state index contributed by atoms with van der Waals surface area (Å²) in [5.74, 6) is -0.676. The minimum Gasteiger partial charge on any atom is -0.506 e.